The molecular weight excluding hydrogens is 222 g/mol. The summed E-state index contributed by atoms with van der Waals surface area (Å²) >= 11 is 0. The number of aryl methyl sites for hydroxylation is 1. The van der Waals surface area contributed by atoms with Crippen LogP contribution in [0.1, 0.15) is 36.8 Å². The van der Waals surface area contributed by atoms with E-state index in [1.54, 1.807) is 0 Å². The summed E-state index contributed by atoms with van der Waals surface area (Å²) in [4.78, 5) is 0. The van der Waals surface area contributed by atoms with Gasteiger partial charge in [0.15, 0.2) is 0 Å². The summed E-state index contributed by atoms with van der Waals surface area (Å²) in [5, 5.41) is 8.91. The van der Waals surface area contributed by atoms with E-state index in [-0.39, 0.29) is 0 Å². The van der Waals surface area contributed by atoms with E-state index in [2.05, 4.69) is 6.07 Å². The van der Waals surface area contributed by atoms with Gasteiger partial charge < -0.3 is 4.74 Å². The molecule has 3 atom stereocenters. The quantitative estimate of drug-likeness (QED) is 0.808. The van der Waals surface area contributed by atoms with Gasteiger partial charge in [0, 0.05) is 0 Å². The van der Waals surface area contributed by atoms with Crippen molar-refractivity contribution >= 4 is 0 Å². The van der Waals surface area contributed by atoms with Gasteiger partial charge in [-0.25, -0.2) is 0 Å². The van der Waals surface area contributed by atoms with Gasteiger partial charge in [-0.3, -0.25) is 0 Å². The summed E-state index contributed by atoms with van der Waals surface area (Å²) in [6.45, 7) is 2.87. The first-order valence-electron chi connectivity index (χ1n) is 6.90. The van der Waals surface area contributed by atoms with E-state index in [9.17, 15) is 0 Å². The molecule has 2 saturated carbocycles. The highest BCUT2D eigenvalue weighted by atomic mass is 16.5. The van der Waals surface area contributed by atoms with E-state index in [0.29, 0.717) is 5.56 Å². The van der Waals surface area contributed by atoms with Crippen molar-refractivity contribution in [1.82, 2.24) is 0 Å². The molecule has 1 aromatic rings. The lowest BCUT2D eigenvalue weighted by Crippen LogP contribution is -2.18. The monoisotopic (exact) mass is 241 g/mol. The molecule has 0 heterocycles. The van der Waals surface area contributed by atoms with Crippen molar-refractivity contribution < 1.29 is 4.74 Å². The highest BCUT2D eigenvalue weighted by Crippen LogP contribution is 2.48. The Morgan fingerprint density at radius 2 is 2.22 bits per heavy atom. The molecule has 1 aromatic carbocycles. The first kappa shape index (κ1) is 11.6. The molecule has 94 valence electrons. The average molecular weight is 241 g/mol. The summed E-state index contributed by atoms with van der Waals surface area (Å²) in [5.74, 6) is 3.50. The smallest absolute Gasteiger partial charge is 0.123 e. The maximum absolute atomic E-state index is 8.91. The van der Waals surface area contributed by atoms with Crippen molar-refractivity contribution in [2.45, 2.75) is 32.6 Å². The second-order valence-corrected chi connectivity index (χ2v) is 5.84. The first-order valence-corrected chi connectivity index (χ1v) is 6.90. The Balaban J connectivity index is 1.65. The predicted molar refractivity (Wildman–Crippen MR) is 70.3 cm³/mol. The molecule has 2 nitrogen and oxygen atoms in total. The Labute approximate surface area is 109 Å². The zero-order valence-corrected chi connectivity index (χ0v) is 10.9. The van der Waals surface area contributed by atoms with E-state index in [0.717, 1.165) is 35.7 Å². The molecule has 2 aliphatic rings. The average Bonchev–Trinajstić information content (AvgIpc) is 3.00. The molecular formula is C16H19NO. The topological polar surface area (TPSA) is 33.0 Å². The first-order chi connectivity index (χ1) is 8.76. The molecule has 0 N–H and O–H groups in total. The third kappa shape index (κ3) is 2.10. The fraction of sp³-hybridized carbons (Fsp3) is 0.562. The van der Waals surface area contributed by atoms with Crippen LogP contribution in [0, 0.1) is 36.0 Å². The fourth-order valence-corrected chi connectivity index (χ4v) is 3.60. The van der Waals surface area contributed by atoms with Crippen molar-refractivity contribution in [1.29, 1.82) is 5.26 Å². The van der Waals surface area contributed by atoms with Crippen LogP contribution in [0.25, 0.3) is 0 Å². The summed E-state index contributed by atoms with van der Waals surface area (Å²) in [6.07, 6.45) is 5.60. The molecule has 2 aliphatic carbocycles. The van der Waals surface area contributed by atoms with Gasteiger partial charge in [0.05, 0.1) is 18.2 Å². The number of fused-ring (bicyclic) bond motifs is 2. The molecule has 0 aromatic heterocycles. The zero-order chi connectivity index (χ0) is 12.5. The molecule has 3 rings (SSSR count). The molecule has 2 heteroatoms. The predicted octanol–water partition coefficient (Wildman–Crippen LogP) is 3.68. The van der Waals surface area contributed by atoms with E-state index < -0.39 is 0 Å². The van der Waals surface area contributed by atoms with Crippen LogP contribution in [-0.4, -0.2) is 6.61 Å². The summed E-state index contributed by atoms with van der Waals surface area (Å²) < 4.78 is 5.96. The zero-order valence-electron chi connectivity index (χ0n) is 10.9. The van der Waals surface area contributed by atoms with Crippen molar-refractivity contribution in [3.05, 3.63) is 29.3 Å². The van der Waals surface area contributed by atoms with Gasteiger partial charge in [-0.05, 0) is 61.6 Å². The molecule has 0 amide bonds. The van der Waals surface area contributed by atoms with Gasteiger partial charge >= 0.3 is 0 Å². The number of hydrogen-bond acceptors (Lipinski definition) is 2. The molecule has 2 fully saturated rings. The van der Waals surface area contributed by atoms with Crippen molar-refractivity contribution in [3.63, 3.8) is 0 Å². The highest BCUT2D eigenvalue weighted by Gasteiger charge is 2.39. The number of nitrogens with zero attached hydrogens (tertiary/aromatic N) is 1. The number of ether oxygens (including phenoxy) is 1. The summed E-state index contributed by atoms with van der Waals surface area (Å²) in [6, 6.07) is 7.85. The van der Waals surface area contributed by atoms with Crippen molar-refractivity contribution in [3.8, 4) is 11.8 Å². The van der Waals surface area contributed by atoms with Gasteiger partial charge in [0.25, 0.3) is 0 Å². The van der Waals surface area contributed by atoms with E-state index in [1.807, 2.05) is 25.1 Å². The van der Waals surface area contributed by atoms with Crippen LogP contribution in [0.4, 0.5) is 0 Å². The van der Waals surface area contributed by atoms with E-state index >= 15 is 0 Å². The molecule has 0 radical (unpaired) electrons. The number of benzene rings is 1. The Hall–Kier alpha value is -1.49. The standard InChI is InChI=1S/C16H19NO/c1-11-2-3-13(9-17)8-16(11)18-10-15-7-12-4-5-14(15)6-12/h2-3,8,12,14-15H,4-7,10H2,1H3. The van der Waals surface area contributed by atoms with Crippen LogP contribution in [0.2, 0.25) is 0 Å². The third-order valence-corrected chi connectivity index (χ3v) is 4.65. The molecule has 0 saturated heterocycles. The third-order valence-electron chi connectivity index (χ3n) is 4.65. The van der Waals surface area contributed by atoms with Gasteiger partial charge in [0.1, 0.15) is 5.75 Å². The van der Waals surface area contributed by atoms with Gasteiger partial charge in [-0.15, -0.1) is 0 Å². The lowest BCUT2D eigenvalue weighted by Gasteiger charge is -2.22. The minimum absolute atomic E-state index is 0.684. The largest absolute Gasteiger partial charge is 0.493 e. The number of hydrogen-bond donors (Lipinski definition) is 0. The Morgan fingerprint density at radius 1 is 1.33 bits per heavy atom. The van der Waals surface area contributed by atoms with Crippen LogP contribution in [-0.2, 0) is 0 Å². The molecule has 18 heavy (non-hydrogen) atoms. The molecule has 0 spiro atoms. The van der Waals surface area contributed by atoms with Crippen LogP contribution in [0.15, 0.2) is 18.2 Å². The van der Waals surface area contributed by atoms with Gasteiger partial charge in [-0.1, -0.05) is 12.5 Å². The normalized spacial score (nSPS) is 29.2. The van der Waals surface area contributed by atoms with E-state index in [1.165, 1.54) is 25.7 Å². The van der Waals surface area contributed by atoms with Crippen molar-refractivity contribution in [2.24, 2.45) is 17.8 Å². The van der Waals surface area contributed by atoms with Gasteiger partial charge in [-0.2, -0.15) is 5.26 Å². The van der Waals surface area contributed by atoms with Crippen molar-refractivity contribution in [2.75, 3.05) is 6.61 Å². The van der Waals surface area contributed by atoms with Crippen LogP contribution in [0.3, 0.4) is 0 Å². The lowest BCUT2D eigenvalue weighted by molar-refractivity contribution is 0.194. The van der Waals surface area contributed by atoms with Gasteiger partial charge in [0.2, 0.25) is 0 Å². The lowest BCUT2D eigenvalue weighted by atomic mass is 9.89. The SMILES string of the molecule is Cc1ccc(C#N)cc1OCC1CC2CCC1C2. The number of nitriles is 1. The van der Waals surface area contributed by atoms with E-state index in [4.69, 9.17) is 10.00 Å². The maximum Gasteiger partial charge on any atom is 0.123 e. The Morgan fingerprint density at radius 3 is 2.89 bits per heavy atom. The number of rotatable bonds is 3. The van der Waals surface area contributed by atoms with Crippen LogP contribution >= 0.6 is 0 Å². The Kier molecular flexibility index (Phi) is 2.99. The second-order valence-electron chi connectivity index (χ2n) is 5.84. The van der Waals surface area contributed by atoms with Crippen LogP contribution in [0.5, 0.6) is 5.75 Å². The minimum atomic E-state index is 0.684. The molecule has 0 aliphatic heterocycles. The maximum atomic E-state index is 8.91. The fourth-order valence-electron chi connectivity index (χ4n) is 3.60. The summed E-state index contributed by atoms with van der Waals surface area (Å²) in [7, 11) is 0. The Bertz CT molecular complexity index is 488. The second kappa shape index (κ2) is 4.65. The van der Waals surface area contributed by atoms with Crippen LogP contribution < -0.4 is 4.74 Å². The molecule has 3 unspecified atom stereocenters. The minimum Gasteiger partial charge on any atom is -0.493 e. The summed E-state index contributed by atoms with van der Waals surface area (Å²) in [5.41, 5.74) is 1.81. The highest BCUT2D eigenvalue weighted by molar-refractivity contribution is 5.41. The molecule has 2 bridgehead atoms.